The van der Waals surface area contributed by atoms with E-state index in [4.69, 9.17) is 0 Å². The molecular formula is C14H19BrN2O. The molecule has 1 unspecified atom stereocenters. The lowest BCUT2D eigenvalue weighted by Crippen LogP contribution is -2.52. The van der Waals surface area contributed by atoms with Gasteiger partial charge in [0.05, 0.1) is 6.04 Å². The molecule has 0 aliphatic carbocycles. The monoisotopic (exact) mass is 310 g/mol. The fourth-order valence-electron chi connectivity index (χ4n) is 2.31. The summed E-state index contributed by atoms with van der Waals surface area (Å²) in [5, 5.41) is 3.34. The van der Waals surface area contributed by atoms with E-state index >= 15 is 0 Å². The first-order chi connectivity index (χ1) is 8.58. The van der Waals surface area contributed by atoms with Gasteiger partial charge >= 0.3 is 0 Å². The van der Waals surface area contributed by atoms with Crippen molar-refractivity contribution < 1.29 is 4.79 Å². The van der Waals surface area contributed by atoms with Crippen LogP contribution in [-0.2, 0) is 4.79 Å². The van der Waals surface area contributed by atoms with Crippen LogP contribution < -0.4 is 10.2 Å². The fraction of sp³-hybridized carbons (Fsp3) is 0.500. The molecule has 1 heterocycles. The lowest BCUT2D eigenvalue weighted by molar-refractivity contribution is -0.121. The topological polar surface area (TPSA) is 32.3 Å². The molecule has 1 aromatic carbocycles. The number of amides is 1. The molecule has 1 saturated heterocycles. The van der Waals surface area contributed by atoms with Gasteiger partial charge in [-0.3, -0.25) is 4.79 Å². The number of carbonyl (C=O) groups excluding carboxylic acids is 1. The number of hydrogen-bond donors (Lipinski definition) is 1. The SMILES string of the molecule is CC(C)NC1CCCN(c2ccc(Br)cc2)C1=O. The van der Waals surface area contributed by atoms with E-state index in [1.807, 2.05) is 29.2 Å². The first kappa shape index (κ1) is 13.6. The second-order valence-electron chi connectivity index (χ2n) is 4.98. The average Bonchev–Trinajstić information content (AvgIpc) is 2.33. The number of rotatable bonds is 3. The van der Waals surface area contributed by atoms with Crippen LogP contribution in [0.1, 0.15) is 26.7 Å². The summed E-state index contributed by atoms with van der Waals surface area (Å²) in [6.07, 6.45) is 1.98. The molecule has 2 rings (SSSR count). The van der Waals surface area contributed by atoms with Crippen molar-refractivity contribution in [1.82, 2.24) is 5.32 Å². The molecule has 1 aliphatic rings. The lowest BCUT2D eigenvalue weighted by Gasteiger charge is -2.33. The van der Waals surface area contributed by atoms with Crippen LogP contribution in [0.3, 0.4) is 0 Å². The van der Waals surface area contributed by atoms with Crippen LogP contribution in [-0.4, -0.2) is 24.5 Å². The van der Waals surface area contributed by atoms with Crippen molar-refractivity contribution >= 4 is 27.5 Å². The third-order valence-corrected chi connectivity index (χ3v) is 3.64. The maximum atomic E-state index is 12.4. The van der Waals surface area contributed by atoms with Crippen LogP contribution in [0.15, 0.2) is 28.7 Å². The number of benzene rings is 1. The Labute approximate surface area is 117 Å². The van der Waals surface area contributed by atoms with Crippen molar-refractivity contribution in [3.8, 4) is 0 Å². The van der Waals surface area contributed by atoms with E-state index in [-0.39, 0.29) is 11.9 Å². The molecule has 0 aromatic heterocycles. The lowest BCUT2D eigenvalue weighted by atomic mass is 10.0. The predicted molar refractivity (Wildman–Crippen MR) is 77.8 cm³/mol. The summed E-state index contributed by atoms with van der Waals surface area (Å²) in [6, 6.07) is 8.22. The summed E-state index contributed by atoms with van der Waals surface area (Å²) < 4.78 is 1.03. The first-order valence-corrected chi connectivity index (χ1v) is 7.20. The molecule has 1 aliphatic heterocycles. The van der Waals surface area contributed by atoms with Crippen molar-refractivity contribution in [2.24, 2.45) is 0 Å². The summed E-state index contributed by atoms with van der Waals surface area (Å²) in [4.78, 5) is 14.3. The summed E-state index contributed by atoms with van der Waals surface area (Å²) in [5.41, 5.74) is 0.985. The minimum absolute atomic E-state index is 0.0394. The summed E-state index contributed by atoms with van der Waals surface area (Å²) in [5.74, 6) is 0.192. The summed E-state index contributed by atoms with van der Waals surface area (Å²) in [7, 11) is 0. The molecule has 1 aromatic rings. The van der Waals surface area contributed by atoms with Crippen LogP contribution in [0.5, 0.6) is 0 Å². The summed E-state index contributed by atoms with van der Waals surface area (Å²) in [6.45, 7) is 4.97. The van der Waals surface area contributed by atoms with Crippen LogP contribution in [0, 0.1) is 0 Å². The van der Waals surface area contributed by atoms with E-state index in [1.54, 1.807) is 0 Å². The Balaban J connectivity index is 2.13. The van der Waals surface area contributed by atoms with Gasteiger partial charge in [-0.05, 0) is 37.1 Å². The van der Waals surface area contributed by atoms with Gasteiger partial charge in [-0.2, -0.15) is 0 Å². The van der Waals surface area contributed by atoms with E-state index in [1.165, 1.54) is 0 Å². The molecule has 98 valence electrons. The van der Waals surface area contributed by atoms with E-state index in [0.29, 0.717) is 6.04 Å². The average molecular weight is 311 g/mol. The van der Waals surface area contributed by atoms with E-state index < -0.39 is 0 Å². The Kier molecular flexibility index (Phi) is 4.40. The zero-order valence-electron chi connectivity index (χ0n) is 10.8. The van der Waals surface area contributed by atoms with Crippen molar-refractivity contribution in [2.45, 2.75) is 38.8 Å². The highest BCUT2D eigenvalue weighted by atomic mass is 79.9. The van der Waals surface area contributed by atoms with Gasteiger partial charge < -0.3 is 10.2 Å². The standard InChI is InChI=1S/C14H19BrN2O/c1-10(2)16-13-4-3-9-17(14(13)18)12-7-5-11(15)6-8-12/h5-8,10,13,16H,3-4,9H2,1-2H3. The molecule has 3 nitrogen and oxygen atoms in total. The molecule has 1 atom stereocenters. The van der Waals surface area contributed by atoms with Crippen molar-refractivity contribution in [3.63, 3.8) is 0 Å². The third-order valence-electron chi connectivity index (χ3n) is 3.11. The van der Waals surface area contributed by atoms with Gasteiger partial charge in [-0.25, -0.2) is 0 Å². The zero-order chi connectivity index (χ0) is 13.1. The highest BCUT2D eigenvalue weighted by Crippen LogP contribution is 2.23. The smallest absolute Gasteiger partial charge is 0.244 e. The minimum atomic E-state index is -0.0394. The Morgan fingerprint density at radius 1 is 1.33 bits per heavy atom. The Morgan fingerprint density at radius 2 is 2.00 bits per heavy atom. The fourth-order valence-corrected chi connectivity index (χ4v) is 2.57. The van der Waals surface area contributed by atoms with Gasteiger partial charge in [0.15, 0.2) is 0 Å². The number of anilines is 1. The molecule has 1 N–H and O–H groups in total. The number of nitrogens with one attached hydrogen (secondary N) is 1. The van der Waals surface area contributed by atoms with E-state index in [2.05, 4.69) is 35.1 Å². The number of hydrogen-bond acceptors (Lipinski definition) is 2. The molecule has 4 heteroatoms. The van der Waals surface area contributed by atoms with Crippen LogP contribution in [0.4, 0.5) is 5.69 Å². The molecular weight excluding hydrogens is 292 g/mol. The van der Waals surface area contributed by atoms with Gasteiger partial charge in [-0.15, -0.1) is 0 Å². The number of piperidine rings is 1. The molecule has 0 bridgehead atoms. The zero-order valence-corrected chi connectivity index (χ0v) is 12.4. The molecule has 0 radical (unpaired) electrons. The van der Waals surface area contributed by atoms with E-state index in [0.717, 1.165) is 29.5 Å². The second-order valence-corrected chi connectivity index (χ2v) is 5.90. The maximum absolute atomic E-state index is 12.4. The van der Waals surface area contributed by atoms with Gasteiger partial charge in [0.2, 0.25) is 5.91 Å². The highest BCUT2D eigenvalue weighted by molar-refractivity contribution is 9.10. The summed E-state index contributed by atoms with van der Waals surface area (Å²) >= 11 is 3.41. The predicted octanol–water partition coefficient (Wildman–Crippen LogP) is 2.94. The van der Waals surface area contributed by atoms with Crippen molar-refractivity contribution in [3.05, 3.63) is 28.7 Å². The van der Waals surface area contributed by atoms with Crippen LogP contribution in [0.25, 0.3) is 0 Å². The molecule has 1 amide bonds. The molecule has 1 fully saturated rings. The van der Waals surface area contributed by atoms with Gasteiger partial charge in [0, 0.05) is 22.7 Å². The first-order valence-electron chi connectivity index (χ1n) is 6.41. The third kappa shape index (κ3) is 3.12. The largest absolute Gasteiger partial charge is 0.311 e. The van der Waals surface area contributed by atoms with Gasteiger partial charge in [-0.1, -0.05) is 29.8 Å². The van der Waals surface area contributed by atoms with Gasteiger partial charge in [0.25, 0.3) is 0 Å². The molecule has 0 saturated carbocycles. The number of carbonyl (C=O) groups is 1. The quantitative estimate of drug-likeness (QED) is 0.931. The molecule has 0 spiro atoms. The Bertz CT molecular complexity index is 416. The maximum Gasteiger partial charge on any atom is 0.244 e. The van der Waals surface area contributed by atoms with E-state index in [9.17, 15) is 4.79 Å². The van der Waals surface area contributed by atoms with Crippen LogP contribution >= 0.6 is 15.9 Å². The molecule has 18 heavy (non-hydrogen) atoms. The normalized spacial score (nSPS) is 20.6. The highest BCUT2D eigenvalue weighted by Gasteiger charge is 2.29. The number of nitrogens with zero attached hydrogens (tertiary/aromatic N) is 1. The second kappa shape index (κ2) is 5.85. The Hall–Kier alpha value is -0.870. The van der Waals surface area contributed by atoms with Crippen molar-refractivity contribution in [2.75, 3.05) is 11.4 Å². The number of halogens is 1. The van der Waals surface area contributed by atoms with Crippen molar-refractivity contribution in [1.29, 1.82) is 0 Å². The van der Waals surface area contributed by atoms with Crippen LogP contribution in [0.2, 0.25) is 0 Å². The Morgan fingerprint density at radius 3 is 2.61 bits per heavy atom. The minimum Gasteiger partial charge on any atom is -0.311 e. The van der Waals surface area contributed by atoms with Gasteiger partial charge in [0.1, 0.15) is 0 Å².